The first-order valence-electron chi connectivity index (χ1n) is 31.4. The van der Waals surface area contributed by atoms with Gasteiger partial charge in [0.2, 0.25) is 0 Å². The van der Waals surface area contributed by atoms with Crippen LogP contribution in [0.5, 0.6) is 0 Å². The minimum absolute atomic E-state index is 0.0363. The molecule has 20 aromatic rings. The number of fused-ring (bicyclic) bond motifs is 18. The number of carbonyl (C=O) groups is 1. The van der Waals surface area contributed by atoms with Gasteiger partial charge >= 0.3 is 0 Å². The Bertz CT molecular complexity index is 5570. The normalized spacial score (nSPS) is 12.2. The van der Waals surface area contributed by atoms with Gasteiger partial charge in [0, 0.05) is 110 Å². The van der Waals surface area contributed by atoms with Gasteiger partial charge in [-0.1, -0.05) is 146 Å². The number of ketones is 1. The molecule has 0 amide bonds. The Balaban J connectivity index is 0.699. The molecule has 0 saturated heterocycles. The number of nitrogens with zero attached hydrogens (tertiary/aromatic N) is 6. The van der Waals surface area contributed by atoms with E-state index in [9.17, 15) is 4.79 Å². The Morgan fingerprint density at radius 1 is 0.163 bits per heavy atom. The van der Waals surface area contributed by atoms with Crippen LogP contribution < -0.4 is 0 Å². The minimum Gasteiger partial charge on any atom is -0.309 e. The highest BCUT2D eigenvalue weighted by atomic mass is 16.1. The molecular weight excluding hydrogens is 1120 g/mol. The van der Waals surface area contributed by atoms with Gasteiger partial charge in [0.05, 0.1) is 66.2 Å². The number of hydrogen-bond acceptors (Lipinski definition) is 1. The summed E-state index contributed by atoms with van der Waals surface area (Å²) in [4.78, 5) is 14.8. The van der Waals surface area contributed by atoms with Crippen LogP contribution in [0.2, 0.25) is 0 Å². The molecule has 0 N–H and O–H groups in total. The first-order valence-corrected chi connectivity index (χ1v) is 31.4. The highest BCUT2D eigenvalue weighted by Gasteiger charge is 2.23. The van der Waals surface area contributed by atoms with Crippen molar-refractivity contribution in [2.45, 2.75) is 0 Å². The Labute approximate surface area is 526 Å². The van der Waals surface area contributed by atoms with Gasteiger partial charge in [-0.3, -0.25) is 4.79 Å². The number of hydrogen-bond donors (Lipinski definition) is 0. The lowest BCUT2D eigenvalue weighted by molar-refractivity contribution is 0.103. The highest BCUT2D eigenvalue weighted by Crippen LogP contribution is 2.43. The lowest BCUT2D eigenvalue weighted by atomic mass is 10.0. The van der Waals surface area contributed by atoms with Crippen LogP contribution in [0.15, 0.2) is 315 Å². The average Bonchev–Trinajstić information content (AvgIpc) is 1.59. The number of rotatable bonds is 8. The van der Waals surface area contributed by atoms with Gasteiger partial charge in [0.15, 0.2) is 5.78 Å². The Hall–Kier alpha value is -12.5. The molecule has 6 aromatic heterocycles. The molecule has 0 radical (unpaired) electrons. The topological polar surface area (TPSA) is 46.6 Å². The zero-order valence-corrected chi connectivity index (χ0v) is 49.6. The smallest absolute Gasteiger partial charge is 0.193 e. The summed E-state index contributed by atoms with van der Waals surface area (Å²) in [6, 6.07) is 113. The lowest BCUT2D eigenvalue weighted by Gasteiger charge is -2.12. The molecule has 428 valence electrons. The summed E-state index contributed by atoms with van der Waals surface area (Å²) in [7, 11) is 0. The molecule has 14 aromatic carbocycles. The van der Waals surface area contributed by atoms with Crippen LogP contribution in [0.1, 0.15) is 15.9 Å². The second kappa shape index (κ2) is 19.3. The maximum atomic E-state index is 14.8. The first-order chi connectivity index (χ1) is 45.6. The Morgan fingerprint density at radius 2 is 0.326 bits per heavy atom. The third-order valence-corrected chi connectivity index (χ3v) is 19.6. The third-order valence-electron chi connectivity index (χ3n) is 19.6. The maximum Gasteiger partial charge on any atom is 0.193 e. The molecule has 0 spiro atoms. The van der Waals surface area contributed by atoms with Crippen LogP contribution in [-0.2, 0) is 0 Å². The molecule has 92 heavy (non-hydrogen) atoms. The molecule has 0 saturated carbocycles. The van der Waals surface area contributed by atoms with Crippen molar-refractivity contribution in [2.75, 3.05) is 0 Å². The molecule has 0 unspecified atom stereocenters. The van der Waals surface area contributed by atoms with Crippen LogP contribution in [0, 0.1) is 0 Å². The fourth-order valence-corrected chi connectivity index (χ4v) is 15.6. The molecule has 7 heteroatoms. The fourth-order valence-electron chi connectivity index (χ4n) is 15.6. The van der Waals surface area contributed by atoms with E-state index in [-0.39, 0.29) is 5.78 Å². The molecule has 20 rings (SSSR count). The molecular formula is C85H52N6O. The summed E-state index contributed by atoms with van der Waals surface area (Å²) in [6.45, 7) is 0. The summed E-state index contributed by atoms with van der Waals surface area (Å²) >= 11 is 0. The number of para-hydroxylation sites is 8. The van der Waals surface area contributed by atoms with Crippen molar-refractivity contribution < 1.29 is 4.79 Å². The minimum atomic E-state index is -0.0363. The predicted molar refractivity (Wildman–Crippen MR) is 382 cm³/mol. The molecule has 7 nitrogen and oxygen atoms in total. The van der Waals surface area contributed by atoms with Crippen molar-refractivity contribution in [1.82, 2.24) is 27.4 Å². The third kappa shape index (κ3) is 7.18. The van der Waals surface area contributed by atoms with Crippen molar-refractivity contribution in [1.29, 1.82) is 0 Å². The predicted octanol–water partition coefficient (Wildman–Crippen LogP) is 21.5. The summed E-state index contributed by atoms with van der Waals surface area (Å²) in [6.07, 6.45) is 0. The second-order valence-electron chi connectivity index (χ2n) is 24.4. The Morgan fingerprint density at radius 3 is 0.533 bits per heavy atom. The first kappa shape index (κ1) is 50.5. The zero-order valence-electron chi connectivity index (χ0n) is 49.6. The second-order valence-corrected chi connectivity index (χ2v) is 24.4. The molecule has 0 aliphatic rings. The van der Waals surface area contributed by atoms with E-state index in [0.29, 0.717) is 11.1 Å². The van der Waals surface area contributed by atoms with Gasteiger partial charge in [-0.25, -0.2) is 0 Å². The van der Waals surface area contributed by atoms with Crippen LogP contribution in [0.25, 0.3) is 165 Å². The highest BCUT2D eigenvalue weighted by molar-refractivity contribution is 6.17. The molecule has 0 aliphatic heterocycles. The fraction of sp³-hybridized carbons (Fsp3) is 0. The lowest BCUT2D eigenvalue weighted by Crippen LogP contribution is -2.03. The van der Waals surface area contributed by atoms with E-state index < -0.39 is 0 Å². The molecule has 0 fully saturated rings. The average molecular weight is 1170 g/mol. The van der Waals surface area contributed by atoms with E-state index in [1.54, 1.807) is 0 Å². The van der Waals surface area contributed by atoms with E-state index >= 15 is 0 Å². The van der Waals surface area contributed by atoms with Crippen molar-refractivity contribution in [2.24, 2.45) is 0 Å². The molecule has 0 atom stereocenters. The number of carbonyl (C=O) groups excluding carboxylic acids is 1. The summed E-state index contributed by atoms with van der Waals surface area (Å²) in [5.74, 6) is -0.0363. The Kier molecular flexibility index (Phi) is 10.6. The number of aromatic nitrogens is 6. The van der Waals surface area contributed by atoms with Crippen LogP contribution in [0.3, 0.4) is 0 Å². The summed E-state index contributed by atoms with van der Waals surface area (Å²) in [5, 5.41) is 14.4. The summed E-state index contributed by atoms with van der Waals surface area (Å²) < 4.78 is 14.3. The van der Waals surface area contributed by atoms with Crippen molar-refractivity contribution in [3.05, 3.63) is 327 Å². The standard InChI is InChI=1S/C85H52N6O/c92-85(53-33-37-55(38-34-53)86-81-45-41-57(88-73-25-9-1-17-61(73)62-18-2-10-26-74(62)88)49-69(81)70-50-58(42-46-82(70)86)89-75-27-11-3-19-63(75)64-20-4-12-28-76(64)89)54-35-39-56(40-36-54)87-83-47-43-59(90-77-29-13-5-21-65(77)66-22-6-14-30-78(66)90)51-71(83)72-52-60(44-48-84(72)87)91-79-31-15-7-23-67(79)68-24-8-16-32-80(68)91/h1-52H. The quantitative estimate of drug-likeness (QED) is 0.140. The van der Waals surface area contributed by atoms with Gasteiger partial charge < -0.3 is 27.4 Å². The van der Waals surface area contributed by atoms with Gasteiger partial charge in [-0.2, -0.15) is 0 Å². The van der Waals surface area contributed by atoms with Crippen molar-refractivity contribution in [3.63, 3.8) is 0 Å². The van der Waals surface area contributed by atoms with Crippen molar-refractivity contribution in [3.8, 4) is 34.1 Å². The summed E-state index contributed by atoms with van der Waals surface area (Å²) in [5.41, 5.74) is 21.2. The largest absolute Gasteiger partial charge is 0.309 e. The van der Waals surface area contributed by atoms with E-state index in [1.807, 2.05) is 24.3 Å². The van der Waals surface area contributed by atoms with Gasteiger partial charge in [0.25, 0.3) is 0 Å². The maximum absolute atomic E-state index is 14.8. The monoisotopic (exact) mass is 1170 g/mol. The van der Waals surface area contributed by atoms with Crippen LogP contribution >= 0.6 is 0 Å². The van der Waals surface area contributed by atoms with E-state index in [2.05, 4.69) is 319 Å². The van der Waals surface area contributed by atoms with Gasteiger partial charge in [0.1, 0.15) is 0 Å². The van der Waals surface area contributed by atoms with Crippen molar-refractivity contribution >= 4 is 137 Å². The van der Waals surface area contributed by atoms with Gasteiger partial charge in [-0.05, 0) is 170 Å². The molecule has 6 heterocycles. The zero-order chi connectivity index (χ0) is 60.3. The van der Waals surface area contributed by atoms with E-state index in [0.717, 1.165) is 77.7 Å². The van der Waals surface area contributed by atoms with E-state index in [1.165, 1.54) is 87.2 Å². The number of benzene rings is 14. The SMILES string of the molecule is O=C(c1ccc(-n2c3ccc(-n4c5ccccc5c5ccccc54)cc3c3cc(-n4c5ccccc5c5ccccc54)ccc32)cc1)c1ccc(-n2c3ccc(-n4c5ccccc5c5ccccc54)cc3c3cc(-n4c5ccccc5c5ccccc54)ccc32)cc1. The van der Waals surface area contributed by atoms with E-state index in [4.69, 9.17) is 0 Å². The molecule has 0 bridgehead atoms. The molecule has 0 aliphatic carbocycles. The van der Waals surface area contributed by atoms with Crippen LogP contribution in [0.4, 0.5) is 0 Å². The van der Waals surface area contributed by atoms with Crippen LogP contribution in [-0.4, -0.2) is 33.2 Å². The van der Waals surface area contributed by atoms with Gasteiger partial charge in [-0.15, -0.1) is 0 Å².